The highest BCUT2D eigenvalue weighted by Gasteiger charge is 2.03. The molecule has 0 aliphatic carbocycles. The molecule has 0 fully saturated rings. The predicted molar refractivity (Wildman–Crippen MR) is 107 cm³/mol. The quantitative estimate of drug-likeness (QED) is 0.224. The van der Waals surface area contributed by atoms with Gasteiger partial charge in [-0.05, 0) is 24.1 Å². The summed E-state index contributed by atoms with van der Waals surface area (Å²) < 4.78 is 26.6. The second-order valence-electron chi connectivity index (χ2n) is 5.46. The van der Waals surface area contributed by atoms with Gasteiger partial charge in [-0.2, -0.15) is 0 Å². The van der Waals surface area contributed by atoms with E-state index in [1.165, 1.54) is 16.0 Å². The van der Waals surface area contributed by atoms with E-state index >= 15 is 0 Å². The first-order valence-corrected chi connectivity index (χ1v) is 10.4. The van der Waals surface area contributed by atoms with Crippen molar-refractivity contribution in [2.24, 2.45) is 0 Å². The molecule has 0 atom stereocenters. The fraction of sp³-hybridized carbons (Fsp3) is 0.684. The van der Waals surface area contributed by atoms with E-state index in [2.05, 4.69) is 25.1 Å². The molecule has 0 radical (unpaired) electrons. The second-order valence-corrected chi connectivity index (χ2v) is 6.87. The lowest BCUT2D eigenvalue weighted by molar-refractivity contribution is -0.00660. The molecule has 0 aliphatic rings. The van der Waals surface area contributed by atoms with Crippen LogP contribution in [-0.4, -0.2) is 72.3 Å². The van der Waals surface area contributed by atoms with Gasteiger partial charge in [0.1, 0.15) is 0 Å². The smallest absolute Gasteiger partial charge is 0.0701 e. The van der Waals surface area contributed by atoms with Crippen LogP contribution in [0.15, 0.2) is 23.1 Å². The van der Waals surface area contributed by atoms with E-state index in [4.69, 9.17) is 35.3 Å². The van der Waals surface area contributed by atoms with Gasteiger partial charge in [0.15, 0.2) is 0 Å². The Morgan fingerprint density at radius 1 is 0.808 bits per heavy atom. The molecule has 0 heterocycles. The summed E-state index contributed by atoms with van der Waals surface area (Å²) in [7, 11) is 1.65. The van der Waals surface area contributed by atoms with Crippen molar-refractivity contribution in [2.45, 2.75) is 17.7 Å². The largest absolute Gasteiger partial charge is 0.382 e. The number of thioether (sulfide) groups is 1. The minimum Gasteiger partial charge on any atom is -0.382 e. The number of halogens is 1. The van der Waals surface area contributed by atoms with Gasteiger partial charge in [-0.3, -0.25) is 0 Å². The van der Waals surface area contributed by atoms with Crippen LogP contribution in [0.2, 0.25) is 0 Å². The van der Waals surface area contributed by atoms with Crippen molar-refractivity contribution in [1.82, 2.24) is 0 Å². The molecule has 5 nitrogen and oxygen atoms in total. The molecule has 0 spiro atoms. The highest BCUT2D eigenvalue weighted by molar-refractivity contribution is 7.99. The van der Waals surface area contributed by atoms with Gasteiger partial charge in [0, 0.05) is 23.6 Å². The Hall–Kier alpha value is -0.340. The Kier molecular flexibility index (Phi) is 15.3. The molecule has 1 rings (SSSR count). The van der Waals surface area contributed by atoms with Gasteiger partial charge >= 0.3 is 0 Å². The van der Waals surface area contributed by atoms with E-state index < -0.39 is 0 Å². The van der Waals surface area contributed by atoms with Crippen LogP contribution >= 0.6 is 23.4 Å². The predicted octanol–water partition coefficient (Wildman–Crippen LogP) is 3.54. The van der Waals surface area contributed by atoms with E-state index in [1.54, 1.807) is 18.9 Å². The van der Waals surface area contributed by atoms with Gasteiger partial charge in [-0.15, -0.1) is 23.4 Å². The summed E-state index contributed by atoms with van der Waals surface area (Å²) in [6.07, 6.45) is 0. The van der Waals surface area contributed by atoms with Gasteiger partial charge in [0.2, 0.25) is 0 Å². The second kappa shape index (κ2) is 16.8. The molecule has 0 amide bonds. The number of ether oxygens (including phenoxy) is 5. The Labute approximate surface area is 166 Å². The van der Waals surface area contributed by atoms with Gasteiger partial charge in [-0.25, -0.2) is 0 Å². The van der Waals surface area contributed by atoms with E-state index in [0.29, 0.717) is 65.3 Å². The normalized spacial score (nSPS) is 11.2. The first kappa shape index (κ1) is 23.7. The number of alkyl halides is 1. The Bertz CT molecular complexity index is 462. The summed E-state index contributed by atoms with van der Waals surface area (Å²) in [6, 6.07) is 6.25. The molecule has 150 valence electrons. The summed E-state index contributed by atoms with van der Waals surface area (Å²) in [6.45, 7) is 7.50. The average molecular weight is 407 g/mol. The Balaban J connectivity index is 1.87. The summed E-state index contributed by atoms with van der Waals surface area (Å²) >= 11 is 7.73. The lowest BCUT2D eigenvalue weighted by Gasteiger charge is -2.10. The molecule has 7 heteroatoms. The van der Waals surface area contributed by atoms with E-state index in [9.17, 15) is 0 Å². The Morgan fingerprint density at radius 2 is 1.35 bits per heavy atom. The van der Waals surface area contributed by atoms with Crippen LogP contribution in [0.25, 0.3) is 0 Å². The third kappa shape index (κ3) is 11.4. The molecular weight excluding hydrogens is 376 g/mol. The third-order valence-corrected chi connectivity index (χ3v) is 4.99. The van der Waals surface area contributed by atoms with Crippen LogP contribution in [0.4, 0.5) is 0 Å². The van der Waals surface area contributed by atoms with Crippen molar-refractivity contribution in [2.75, 3.05) is 72.3 Å². The molecule has 1 aromatic rings. The maximum atomic E-state index is 5.93. The lowest BCUT2D eigenvalue weighted by atomic mass is 10.1. The van der Waals surface area contributed by atoms with Crippen molar-refractivity contribution in [3.05, 3.63) is 29.3 Å². The number of methoxy groups -OCH3 is 1. The molecular formula is C19H31ClO5S. The standard InChI is InChI=1S/C19H31ClO5S/c1-17-18(16-20)4-3-5-19(17)26-15-14-25-13-12-24-11-10-23-9-8-22-7-6-21-2/h3-5H,6-16H2,1-2H3. The van der Waals surface area contributed by atoms with Gasteiger partial charge in [0.05, 0.1) is 59.5 Å². The van der Waals surface area contributed by atoms with E-state index in [1.807, 2.05) is 0 Å². The van der Waals surface area contributed by atoms with Gasteiger partial charge in [0.25, 0.3) is 0 Å². The summed E-state index contributed by atoms with van der Waals surface area (Å²) in [4.78, 5) is 1.27. The van der Waals surface area contributed by atoms with Crippen LogP contribution in [0.3, 0.4) is 0 Å². The lowest BCUT2D eigenvalue weighted by Crippen LogP contribution is -2.13. The van der Waals surface area contributed by atoms with Crippen molar-refractivity contribution in [3.8, 4) is 0 Å². The monoisotopic (exact) mass is 406 g/mol. The average Bonchev–Trinajstić information content (AvgIpc) is 2.66. The minimum absolute atomic E-state index is 0.554. The highest BCUT2D eigenvalue weighted by atomic mass is 35.5. The zero-order valence-corrected chi connectivity index (χ0v) is 17.4. The number of rotatable bonds is 17. The maximum Gasteiger partial charge on any atom is 0.0701 e. The molecule has 0 saturated heterocycles. The molecule has 0 saturated carbocycles. The number of benzene rings is 1. The fourth-order valence-electron chi connectivity index (χ4n) is 2.08. The highest BCUT2D eigenvalue weighted by Crippen LogP contribution is 2.25. The van der Waals surface area contributed by atoms with Gasteiger partial charge < -0.3 is 23.7 Å². The molecule has 0 aliphatic heterocycles. The van der Waals surface area contributed by atoms with Crippen molar-refractivity contribution in [1.29, 1.82) is 0 Å². The molecule has 0 bridgehead atoms. The summed E-state index contributed by atoms with van der Waals surface area (Å²) in [5, 5.41) is 0. The fourth-order valence-corrected chi connectivity index (χ4v) is 3.31. The third-order valence-electron chi connectivity index (χ3n) is 3.57. The first-order chi connectivity index (χ1) is 12.8. The SMILES string of the molecule is COCCOCCOCCOCCOCCSc1cccc(CCl)c1C. The molecule has 0 N–H and O–H groups in total. The van der Waals surface area contributed by atoms with Gasteiger partial charge in [-0.1, -0.05) is 12.1 Å². The maximum absolute atomic E-state index is 5.93. The number of hydrogen-bond donors (Lipinski definition) is 0. The molecule has 0 unspecified atom stereocenters. The molecule has 0 aromatic heterocycles. The van der Waals surface area contributed by atoms with E-state index in [-0.39, 0.29) is 0 Å². The van der Waals surface area contributed by atoms with E-state index in [0.717, 1.165) is 5.75 Å². The van der Waals surface area contributed by atoms with Crippen LogP contribution in [-0.2, 0) is 29.6 Å². The van der Waals surface area contributed by atoms with Crippen LogP contribution in [0, 0.1) is 6.92 Å². The first-order valence-electron chi connectivity index (χ1n) is 8.86. The zero-order chi connectivity index (χ0) is 18.9. The Morgan fingerprint density at radius 3 is 1.88 bits per heavy atom. The minimum atomic E-state index is 0.554. The van der Waals surface area contributed by atoms with Crippen molar-refractivity contribution < 1.29 is 23.7 Å². The summed E-state index contributed by atoms with van der Waals surface area (Å²) in [5.74, 6) is 1.47. The topological polar surface area (TPSA) is 46.2 Å². The summed E-state index contributed by atoms with van der Waals surface area (Å²) in [5.41, 5.74) is 2.45. The zero-order valence-electron chi connectivity index (χ0n) is 15.8. The molecule has 26 heavy (non-hydrogen) atoms. The number of hydrogen-bond acceptors (Lipinski definition) is 6. The van der Waals surface area contributed by atoms with Crippen LogP contribution in [0.1, 0.15) is 11.1 Å². The van der Waals surface area contributed by atoms with Crippen LogP contribution in [0.5, 0.6) is 0 Å². The van der Waals surface area contributed by atoms with Crippen LogP contribution < -0.4 is 0 Å². The molecule has 1 aromatic carbocycles. The van der Waals surface area contributed by atoms with Crippen molar-refractivity contribution >= 4 is 23.4 Å². The van der Waals surface area contributed by atoms with Crippen molar-refractivity contribution in [3.63, 3.8) is 0 Å².